The maximum atomic E-state index is 6.18. The molecule has 16 heavy (non-hydrogen) atoms. The third-order valence-electron chi connectivity index (χ3n) is 2.44. The lowest BCUT2D eigenvalue weighted by Gasteiger charge is -2.10. The van der Waals surface area contributed by atoms with E-state index in [2.05, 4.69) is 4.98 Å². The molecule has 2 aromatic rings. The predicted molar refractivity (Wildman–Crippen MR) is 68.9 cm³/mol. The largest absolute Gasteiger partial charge is 0.323 e. The zero-order valence-electron chi connectivity index (χ0n) is 8.98. The third kappa shape index (κ3) is 2.43. The molecule has 0 saturated heterocycles. The normalized spacial score (nSPS) is 12.7. The van der Waals surface area contributed by atoms with Gasteiger partial charge in [0.25, 0.3) is 0 Å². The summed E-state index contributed by atoms with van der Waals surface area (Å²) in [5.74, 6) is 0. The lowest BCUT2D eigenvalue weighted by Crippen LogP contribution is -2.12. The highest BCUT2D eigenvalue weighted by atomic mass is 35.5. The smallest absolute Gasteiger partial charge is 0.0590 e. The number of pyridine rings is 1. The highest BCUT2D eigenvalue weighted by molar-refractivity contribution is 7.10. The Kier molecular flexibility index (Phi) is 3.59. The summed E-state index contributed by atoms with van der Waals surface area (Å²) >= 11 is 7.81. The first kappa shape index (κ1) is 11.6. The molecule has 0 fully saturated rings. The minimum atomic E-state index is -0.0459. The number of rotatable bonds is 3. The van der Waals surface area contributed by atoms with Crippen LogP contribution in [0.4, 0.5) is 0 Å². The Hall–Kier alpha value is -0.900. The number of halogens is 1. The van der Waals surface area contributed by atoms with Crippen LogP contribution in [0.15, 0.2) is 29.9 Å². The van der Waals surface area contributed by atoms with E-state index in [0.717, 1.165) is 27.4 Å². The quantitative estimate of drug-likeness (QED) is 0.910. The van der Waals surface area contributed by atoms with Crippen LogP contribution >= 0.6 is 22.9 Å². The standard InChI is InChI=1S/C12H13ClN2S/c1-8-7-16-12(11(8)13)10(14)5-9-3-2-4-15-6-9/h2-4,6-7,10H,5,14H2,1H3. The Morgan fingerprint density at radius 2 is 2.38 bits per heavy atom. The van der Waals surface area contributed by atoms with Crippen LogP contribution in [0.5, 0.6) is 0 Å². The van der Waals surface area contributed by atoms with Crippen molar-refractivity contribution in [1.29, 1.82) is 0 Å². The molecule has 0 bridgehead atoms. The first-order chi connectivity index (χ1) is 7.68. The summed E-state index contributed by atoms with van der Waals surface area (Å²) in [7, 11) is 0. The van der Waals surface area contributed by atoms with Crippen LogP contribution in [0.3, 0.4) is 0 Å². The third-order valence-corrected chi connectivity index (χ3v) is 4.29. The monoisotopic (exact) mass is 252 g/mol. The van der Waals surface area contributed by atoms with Crippen LogP contribution in [-0.2, 0) is 6.42 Å². The van der Waals surface area contributed by atoms with E-state index in [1.165, 1.54) is 0 Å². The molecule has 2 aromatic heterocycles. The molecule has 0 spiro atoms. The van der Waals surface area contributed by atoms with Gasteiger partial charge in [-0.2, -0.15) is 0 Å². The molecule has 2 heterocycles. The molecule has 0 radical (unpaired) electrons. The zero-order chi connectivity index (χ0) is 11.5. The zero-order valence-corrected chi connectivity index (χ0v) is 10.6. The Morgan fingerprint density at radius 3 is 2.94 bits per heavy atom. The first-order valence-corrected chi connectivity index (χ1v) is 6.32. The van der Waals surface area contributed by atoms with Gasteiger partial charge in [-0.3, -0.25) is 4.98 Å². The fourth-order valence-corrected chi connectivity index (χ4v) is 2.90. The van der Waals surface area contributed by atoms with Gasteiger partial charge in [-0.15, -0.1) is 11.3 Å². The van der Waals surface area contributed by atoms with Gasteiger partial charge < -0.3 is 5.73 Å². The lowest BCUT2D eigenvalue weighted by molar-refractivity contribution is 0.734. The Morgan fingerprint density at radius 1 is 1.56 bits per heavy atom. The van der Waals surface area contributed by atoms with Gasteiger partial charge in [-0.25, -0.2) is 0 Å². The van der Waals surface area contributed by atoms with Crippen molar-refractivity contribution in [3.63, 3.8) is 0 Å². The van der Waals surface area contributed by atoms with Crippen LogP contribution in [0.25, 0.3) is 0 Å². The topological polar surface area (TPSA) is 38.9 Å². The highest BCUT2D eigenvalue weighted by Crippen LogP contribution is 2.32. The number of aromatic nitrogens is 1. The fourth-order valence-electron chi connectivity index (χ4n) is 1.57. The summed E-state index contributed by atoms with van der Waals surface area (Å²) in [6.45, 7) is 2.00. The van der Waals surface area contributed by atoms with Crippen molar-refractivity contribution < 1.29 is 0 Å². The van der Waals surface area contributed by atoms with E-state index in [1.54, 1.807) is 17.5 Å². The highest BCUT2D eigenvalue weighted by Gasteiger charge is 2.14. The van der Waals surface area contributed by atoms with Gasteiger partial charge in [-0.1, -0.05) is 17.7 Å². The van der Waals surface area contributed by atoms with Crippen molar-refractivity contribution in [3.05, 3.63) is 50.9 Å². The average molecular weight is 253 g/mol. The summed E-state index contributed by atoms with van der Waals surface area (Å²) in [6, 6.07) is 3.90. The second-order valence-corrected chi connectivity index (χ2v) is 5.06. The molecule has 0 amide bonds. The molecule has 2 N–H and O–H groups in total. The van der Waals surface area contributed by atoms with E-state index in [4.69, 9.17) is 17.3 Å². The van der Waals surface area contributed by atoms with E-state index in [-0.39, 0.29) is 6.04 Å². The van der Waals surface area contributed by atoms with Crippen molar-refractivity contribution in [3.8, 4) is 0 Å². The Balaban J connectivity index is 2.15. The van der Waals surface area contributed by atoms with E-state index >= 15 is 0 Å². The SMILES string of the molecule is Cc1csc(C(N)Cc2cccnc2)c1Cl. The predicted octanol–water partition coefficient (Wildman–Crippen LogP) is 3.35. The van der Waals surface area contributed by atoms with Crippen LogP contribution in [0, 0.1) is 6.92 Å². The van der Waals surface area contributed by atoms with Crippen LogP contribution in [0.2, 0.25) is 5.02 Å². The van der Waals surface area contributed by atoms with Gasteiger partial charge >= 0.3 is 0 Å². The molecule has 2 rings (SSSR count). The maximum absolute atomic E-state index is 6.18. The van der Waals surface area contributed by atoms with Gasteiger partial charge in [0.1, 0.15) is 0 Å². The van der Waals surface area contributed by atoms with Crippen molar-refractivity contribution in [2.24, 2.45) is 5.73 Å². The minimum absolute atomic E-state index is 0.0459. The molecule has 0 aliphatic carbocycles. The second-order valence-electron chi connectivity index (χ2n) is 3.77. The lowest BCUT2D eigenvalue weighted by atomic mass is 10.1. The Bertz CT molecular complexity index is 467. The van der Waals surface area contributed by atoms with E-state index < -0.39 is 0 Å². The molecule has 0 aliphatic heterocycles. The number of hydrogen-bond donors (Lipinski definition) is 1. The molecule has 1 atom stereocenters. The maximum Gasteiger partial charge on any atom is 0.0590 e. The summed E-state index contributed by atoms with van der Waals surface area (Å²) in [6.07, 6.45) is 4.37. The number of aryl methyl sites for hydroxylation is 1. The minimum Gasteiger partial charge on any atom is -0.323 e. The Labute approximate surface area is 104 Å². The van der Waals surface area contributed by atoms with Crippen LogP contribution in [-0.4, -0.2) is 4.98 Å². The second kappa shape index (κ2) is 4.95. The van der Waals surface area contributed by atoms with E-state index in [9.17, 15) is 0 Å². The first-order valence-electron chi connectivity index (χ1n) is 5.06. The summed E-state index contributed by atoms with van der Waals surface area (Å²) in [4.78, 5) is 5.13. The van der Waals surface area contributed by atoms with Crippen molar-refractivity contribution in [2.45, 2.75) is 19.4 Å². The van der Waals surface area contributed by atoms with E-state index in [0.29, 0.717) is 0 Å². The number of hydrogen-bond acceptors (Lipinski definition) is 3. The van der Waals surface area contributed by atoms with Crippen molar-refractivity contribution >= 4 is 22.9 Å². The van der Waals surface area contributed by atoms with Crippen LogP contribution in [0.1, 0.15) is 22.0 Å². The number of nitrogens with zero attached hydrogens (tertiary/aromatic N) is 1. The van der Waals surface area contributed by atoms with Crippen molar-refractivity contribution in [1.82, 2.24) is 4.98 Å². The molecule has 0 aromatic carbocycles. The summed E-state index contributed by atoms with van der Waals surface area (Å²) < 4.78 is 0. The molecular weight excluding hydrogens is 240 g/mol. The van der Waals surface area contributed by atoms with Crippen molar-refractivity contribution in [2.75, 3.05) is 0 Å². The molecule has 0 aliphatic rings. The summed E-state index contributed by atoms with van der Waals surface area (Å²) in [5, 5.41) is 2.85. The number of thiophene rings is 1. The molecule has 0 saturated carbocycles. The molecular formula is C12H13ClN2S. The van der Waals surface area contributed by atoms with Crippen LogP contribution < -0.4 is 5.73 Å². The van der Waals surface area contributed by atoms with E-state index in [1.807, 2.05) is 30.6 Å². The molecule has 4 heteroatoms. The number of nitrogens with two attached hydrogens (primary N) is 1. The fraction of sp³-hybridized carbons (Fsp3) is 0.250. The molecule has 84 valence electrons. The van der Waals surface area contributed by atoms with Gasteiger partial charge in [0.05, 0.1) is 5.02 Å². The van der Waals surface area contributed by atoms with Gasteiger partial charge in [0.15, 0.2) is 0 Å². The molecule has 2 nitrogen and oxygen atoms in total. The van der Waals surface area contributed by atoms with Gasteiger partial charge in [0, 0.05) is 23.3 Å². The van der Waals surface area contributed by atoms with Gasteiger partial charge in [0.2, 0.25) is 0 Å². The average Bonchev–Trinajstić information content (AvgIpc) is 2.61. The molecule has 1 unspecified atom stereocenters. The summed E-state index contributed by atoms with van der Waals surface area (Å²) in [5.41, 5.74) is 8.38. The van der Waals surface area contributed by atoms with Gasteiger partial charge in [-0.05, 0) is 35.9 Å².